The first-order valence-corrected chi connectivity index (χ1v) is 8.85. The van der Waals surface area contributed by atoms with Crippen LogP contribution in [0.4, 0.5) is 15.9 Å². The number of halogens is 1. The van der Waals surface area contributed by atoms with Gasteiger partial charge in [-0.25, -0.2) is 17.8 Å². The van der Waals surface area contributed by atoms with Crippen molar-refractivity contribution in [3.05, 3.63) is 84.3 Å². The number of nitrogens with zero attached hydrogens (tertiary/aromatic N) is 2. The van der Waals surface area contributed by atoms with E-state index in [1.54, 1.807) is 48.5 Å². The third kappa shape index (κ3) is 4.27. The van der Waals surface area contributed by atoms with Gasteiger partial charge in [-0.1, -0.05) is 24.3 Å². The van der Waals surface area contributed by atoms with Crippen LogP contribution in [-0.4, -0.2) is 19.6 Å². The molecule has 0 spiro atoms. The Morgan fingerprint density at radius 1 is 0.960 bits per heavy atom. The van der Waals surface area contributed by atoms with E-state index in [1.165, 1.54) is 30.6 Å². The average molecular weight is 355 g/mol. The molecule has 0 saturated heterocycles. The van der Waals surface area contributed by atoms with E-state index in [1.807, 2.05) is 0 Å². The summed E-state index contributed by atoms with van der Waals surface area (Å²) in [6.45, 7) is 0. The van der Waals surface area contributed by atoms with Crippen molar-refractivity contribution in [2.24, 2.45) is 4.99 Å². The molecule has 3 aromatic rings. The van der Waals surface area contributed by atoms with Gasteiger partial charge in [0.2, 0.25) is 0 Å². The summed E-state index contributed by atoms with van der Waals surface area (Å²) in [6.07, 6.45) is 2.89. The van der Waals surface area contributed by atoms with Gasteiger partial charge in [-0.3, -0.25) is 9.71 Å². The minimum absolute atomic E-state index is 0.0861. The lowest BCUT2D eigenvalue weighted by Gasteiger charge is -2.07. The number of aromatic nitrogens is 1. The van der Waals surface area contributed by atoms with Crippen LogP contribution >= 0.6 is 0 Å². The van der Waals surface area contributed by atoms with Crippen LogP contribution in [0.3, 0.4) is 0 Å². The molecule has 0 saturated carbocycles. The van der Waals surface area contributed by atoms with Gasteiger partial charge in [0.1, 0.15) is 11.6 Å². The number of pyridine rings is 1. The fraction of sp³-hybridized carbons (Fsp3) is 0. The predicted octanol–water partition coefficient (Wildman–Crippen LogP) is 3.77. The van der Waals surface area contributed by atoms with E-state index >= 15 is 0 Å². The number of anilines is 1. The molecule has 126 valence electrons. The molecule has 0 fully saturated rings. The Balaban J connectivity index is 1.77. The van der Waals surface area contributed by atoms with E-state index in [0.717, 1.165) is 0 Å². The molecule has 3 rings (SSSR count). The van der Waals surface area contributed by atoms with Crippen LogP contribution in [-0.2, 0) is 10.0 Å². The molecule has 1 aromatic heterocycles. The first-order valence-electron chi connectivity index (χ1n) is 7.37. The highest BCUT2D eigenvalue weighted by atomic mass is 32.2. The second kappa shape index (κ2) is 7.23. The molecule has 0 atom stereocenters. The van der Waals surface area contributed by atoms with Gasteiger partial charge in [0, 0.05) is 18.0 Å². The van der Waals surface area contributed by atoms with Crippen LogP contribution in [0, 0.1) is 5.82 Å². The lowest BCUT2D eigenvalue weighted by molar-refractivity contribution is 0.601. The molecule has 7 heteroatoms. The molecule has 0 bridgehead atoms. The van der Waals surface area contributed by atoms with Crippen molar-refractivity contribution in [3.63, 3.8) is 0 Å². The number of hydrogen-bond donors (Lipinski definition) is 1. The van der Waals surface area contributed by atoms with Gasteiger partial charge in [0.05, 0.1) is 10.6 Å². The van der Waals surface area contributed by atoms with Crippen molar-refractivity contribution in [2.45, 2.75) is 4.90 Å². The number of benzene rings is 2. The zero-order valence-electron chi connectivity index (χ0n) is 13.0. The molecule has 0 radical (unpaired) electrons. The Bertz CT molecular complexity index is 988. The summed E-state index contributed by atoms with van der Waals surface area (Å²) in [5, 5.41) is 0. The Hall–Kier alpha value is -3.06. The molecule has 1 heterocycles. The first-order chi connectivity index (χ1) is 12.0. The third-order valence-electron chi connectivity index (χ3n) is 3.31. The summed E-state index contributed by atoms with van der Waals surface area (Å²) in [4.78, 5) is 8.17. The second-order valence-electron chi connectivity index (χ2n) is 5.09. The highest BCUT2D eigenvalue weighted by Gasteiger charge is 2.14. The highest BCUT2D eigenvalue weighted by Crippen LogP contribution is 2.19. The normalized spacial score (nSPS) is 11.6. The number of nitrogens with one attached hydrogen (secondary N) is 1. The molecular weight excluding hydrogens is 341 g/mol. The number of hydrogen-bond acceptors (Lipinski definition) is 4. The van der Waals surface area contributed by atoms with Gasteiger partial charge in [-0.05, 0) is 42.5 Å². The quantitative estimate of drug-likeness (QED) is 0.708. The zero-order chi connectivity index (χ0) is 17.7. The largest absolute Gasteiger partial charge is 0.263 e. The minimum Gasteiger partial charge on any atom is -0.263 e. The molecule has 2 aromatic carbocycles. The molecule has 0 aliphatic rings. The van der Waals surface area contributed by atoms with E-state index in [-0.39, 0.29) is 16.5 Å². The summed E-state index contributed by atoms with van der Waals surface area (Å²) in [5.41, 5.74) is 0.871. The molecule has 0 aliphatic carbocycles. The molecule has 5 nitrogen and oxygen atoms in total. The van der Waals surface area contributed by atoms with Crippen molar-refractivity contribution in [1.29, 1.82) is 0 Å². The van der Waals surface area contributed by atoms with Gasteiger partial charge in [0.25, 0.3) is 10.0 Å². The maximum atomic E-state index is 13.5. The van der Waals surface area contributed by atoms with Crippen molar-refractivity contribution < 1.29 is 12.8 Å². The first kappa shape index (κ1) is 16.8. The monoisotopic (exact) mass is 355 g/mol. The van der Waals surface area contributed by atoms with E-state index in [0.29, 0.717) is 11.3 Å². The topological polar surface area (TPSA) is 71.4 Å². The van der Waals surface area contributed by atoms with Crippen LogP contribution < -0.4 is 4.72 Å². The second-order valence-corrected chi connectivity index (χ2v) is 6.78. The Labute approximate surface area is 145 Å². The molecule has 1 N–H and O–H groups in total. The van der Waals surface area contributed by atoms with E-state index < -0.39 is 10.0 Å². The van der Waals surface area contributed by atoms with Crippen molar-refractivity contribution in [2.75, 3.05) is 4.72 Å². The minimum atomic E-state index is -3.73. The molecule has 0 unspecified atom stereocenters. The summed E-state index contributed by atoms with van der Waals surface area (Å²) < 4.78 is 40.5. The Morgan fingerprint density at radius 2 is 1.68 bits per heavy atom. The lowest BCUT2D eigenvalue weighted by atomic mass is 10.2. The SMILES string of the molecule is O=S(=O)(Nc1ccccn1)c1ccc(N=Cc2ccccc2F)cc1. The standard InChI is InChI=1S/C18H14FN3O2S/c19-17-6-2-1-5-14(17)13-21-15-8-10-16(11-9-15)25(23,24)22-18-7-3-4-12-20-18/h1-13H,(H,20,22). The maximum absolute atomic E-state index is 13.5. The van der Waals surface area contributed by atoms with Gasteiger partial charge >= 0.3 is 0 Å². The van der Waals surface area contributed by atoms with Crippen LogP contribution in [0.2, 0.25) is 0 Å². The summed E-state index contributed by atoms with van der Waals surface area (Å²) in [6, 6.07) is 17.2. The van der Waals surface area contributed by atoms with Crippen molar-refractivity contribution >= 4 is 27.7 Å². The van der Waals surface area contributed by atoms with Crippen LogP contribution in [0.15, 0.2) is 82.8 Å². The van der Waals surface area contributed by atoms with Gasteiger partial charge in [0.15, 0.2) is 0 Å². The van der Waals surface area contributed by atoms with Gasteiger partial charge in [-0.2, -0.15) is 0 Å². The van der Waals surface area contributed by atoms with Crippen LogP contribution in [0.1, 0.15) is 5.56 Å². The fourth-order valence-corrected chi connectivity index (χ4v) is 3.06. The number of aliphatic imine (C=N–C) groups is 1. The van der Waals surface area contributed by atoms with Crippen LogP contribution in [0.25, 0.3) is 0 Å². The third-order valence-corrected chi connectivity index (χ3v) is 4.68. The summed E-state index contributed by atoms with van der Waals surface area (Å²) >= 11 is 0. The highest BCUT2D eigenvalue weighted by molar-refractivity contribution is 7.92. The molecular formula is C18H14FN3O2S. The predicted molar refractivity (Wildman–Crippen MR) is 95.1 cm³/mol. The molecule has 25 heavy (non-hydrogen) atoms. The molecule has 0 amide bonds. The van der Waals surface area contributed by atoms with Gasteiger partial charge < -0.3 is 0 Å². The van der Waals surface area contributed by atoms with Crippen LogP contribution in [0.5, 0.6) is 0 Å². The van der Waals surface area contributed by atoms with Crippen molar-refractivity contribution in [1.82, 2.24) is 4.98 Å². The van der Waals surface area contributed by atoms with Gasteiger partial charge in [-0.15, -0.1) is 0 Å². The zero-order valence-corrected chi connectivity index (χ0v) is 13.8. The summed E-state index contributed by atoms with van der Waals surface area (Å²) in [5.74, 6) is -0.130. The maximum Gasteiger partial charge on any atom is 0.263 e. The van der Waals surface area contributed by atoms with E-state index in [4.69, 9.17) is 0 Å². The number of rotatable bonds is 5. The smallest absolute Gasteiger partial charge is 0.263 e. The van der Waals surface area contributed by atoms with E-state index in [2.05, 4.69) is 14.7 Å². The number of sulfonamides is 1. The fourth-order valence-electron chi connectivity index (χ4n) is 2.05. The molecule has 0 aliphatic heterocycles. The van der Waals surface area contributed by atoms with E-state index in [9.17, 15) is 12.8 Å². The Kier molecular flexibility index (Phi) is 4.85. The van der Waals surface area contributed by atoms with Crippen molar-refractivity contribution in [3.8, 4) is 0 Å². The lowest BCUT2D eigenvalue weighted by Crippen LogP contribution is -2.13. The summed E-state index contributed by atoms with van der Waals surface area (Å²) in [7, 11) is -3.73. The average Bonchev–Trinajstić information content (AvgIpc) is 2.62. The Morgan fingerprint density at radius 3 is 2.36 bits per heavy atom.